The third kappa shape index (κ3) is 4.26. The smallest absolute Gasteiger partial charge is 0.335 e. The van der Waals surface area contributed by atoms with Gasteiger partial charge >= 0.3 is 5.97 Å². The highest BCUT2D eigenvalue weighted by molar-refractivity contribution is 7.98. The van der Waals surface area contributed by atoms with Crippen LogP contribution in [0.4, 0.5) is 0 Å². The number of benzene rings is 2. The van der Waals surface area contributed by atoms with E-state index in [9.17, 15) is 4.79 Å². The van der Waals surface area contributed by atoms with Gasteiger partial charge in [-0.1, -0.05) is 17.7 Å². The molecule has 4 heteroatoms. The predicted octanol–water partition coefficient (Wildman–Crippen LogP) is 4.38. The van der Waals surface area contributed by atoms with Crippen LogP contribution in [0, 0.1) is 6.92 Å². The van der Waals surface area contributed by atoms with E-state index in [1.165, 1.54) is 5.56 Å². The lowest BCUT2D eigenvalue weighted by Crippen LogP contribution is -2.01. The molecule has 0 saturated carbocycles. The summed E-state index contributed by atoms with van der Waals surface area (Å²) in [6.07, 6.45) is 0. The highest BCUT2D eigenvalue weighted by Crippen LogP contribution is 2.29. The van der Waals surface area contributed by atoms with Gasteiger partial charge in [-0.25, -0.2) is 4.79 Å². The summed E-state index contributed by atoms with van der Waals surface area (Å²) in [7, 11) is 0. The van der Waals surface area contributed by atoms with Crippen molar-refractivity contribution in [3.63, 3.8) is 0 Å². The number of rotatable bonds is 6. The van der Waals surface area contributed by atoms with Crippen LogP contribution in [0.3, 0.4) is 0 Å². The first kappa shape index (κ1) is 15.4. The molecule has 0 heterocycles. The molecule has 1 N–H and O–H groups in total. The maximum absolute atomic E-state index is 11.1. The Balaban J connectivity index is 2.17. The van der Waals surface area contributed by atoms with E-state index in [0.717, 1.165) is 16.2 Å². The van der Waals surface area contributed by atoms with Crippen LogP contribution in [-0.2, 0) is 5.75 Å². The Labute approximate surface area is 129 Å². The SMILES string of the molecule is CCOc1ccc(C(=O)O)cc1CSc1ccc(C)cc1. The summed E-state index contributed by atoms with van der Waals surface area (Å²) >= 11 is 1.67. The molecule has 0 fully saturated rings. The number of thioether (sulfide) groups is 1. The first-order chi connectivity index (χ1) is 10.1. The van der Waals surface area contributed by atoms with Gasteiger partial charge in [-0.3, -0.25) is 0 Å². The molecule has 0 aliphatic heterocycles. The van der Waals surface area contributed by atoms with Crippen LogP contribution in [0.5, 0.6) is 5.75 Å². The van der Waals surface area contributed by atoms with Gasteiger partial charge in [0.2, 0.25) is 0 Å². The van der Waals surface area contributed by atoms with Crippen molar-refractivity contribution in [2.24, 2.45) is 0 Å². The number of hydrogen-bond donors (Lipinski definition) is 1. The number of aromatic carboxylic acids is 1. The fourth-order valence-electron chi connectivity index (χ4n) is 1.92. The van der Waals surface area contributed by atoms with E-state index in [4.69, 9.17) is 9.84 Å². The number of carboxylic acid groups (broad SMARTS) is 1. The van der Waals surface area contributed by atoms with Crippen molar-refractivity contribution >= 4 is 17.7 Å². The summed E-state index contributed by atoms with van der Waals surface area (Å²) in [5, 5.41) is 9.10. The summed E-state index contributed by atoms with van der Waals surface area (Å²) < 4.78 is 5.57. The number of ether oxygens (including phenoxy) is 1. The van der Waals surface area contributed by atoms with Crippen molar-refractivity contribution in [1.82, 2.24) is 0 Å². The summed E-state index contributed by atoms with van der Waals surface area (Å²) in [4.78, 5) is 12.2. The van der Waals surface area contributed by atoms with Crippen LogP contribution in [0.15, 0.2) is 47.4 Å². The Morgan fingerprint density at radius 2 is 1.90 bits per heavy atom. The Morgan fingerprint density at radius 1 is 1.19 bits per heavy atom. The van der Waals surface area contributed by atoms with E-state index in [0.29, 0.717) is 12.4 Å². The predicted molar refractivity (Wildman–Crippen MR) is 85.3 cm³/mol. The second-order valence-electron chi connectivity index (χ2n) is 4.66. The summed E-state index contributed by atoms with van der Waals surface area (Å²) in [5.74, 6) is 0.515. The monoisotopic (exact) mass is 302 g/mol. The first-order valence-electron chi connectivity index (χ1n) is 6.78. The standard InChI is InChI=1S/C17H18O3S/c1-3-20-16-9-6-13(17(18)19)10-14(16)11-21-15-7-4-12(2)5-8-15/h4-10H,3,11H2,1-2H3,(H,18,19). The average Bonchev–Trinajstić information content (AvgIpc) is 2.48. The molecule has 0 atom stereocenters. The van der Waals surface area contributed by atoms with Gasteiger partial charge in [-0.2, -0.15) is 0 Å². The molecule has 0 amide bonds. The highest BCUT2D eigenvalue weighted by atomic mass is 32.2. The quantitative estimate of drug-likeness (QED) is 0.804. The lowest BCUT2D eigenvalue weighted by atomic mass is 10.1. The molecular formula is C17H18O3S. The fourth-order valence-corrected chi connectivity index (χ4v) is 2.79. The third-order valence-electron chi connectivity index (χ3n) is 3.02. The Bertz CT molecular complexity index is 620. The maximum Gasteiger partial charge on any atom is 0.335 e. The molecule has 2 rings (SSSR count). The Hall–Kier alpha value is -1.94. The van der Waals surface area contributed by atoms with Gasteiger partial charge in [-0.05, 0) is 44.2 Å². The zero-order valence-electron chi connectivity index (χ0n) is 12.1. The second-order valence-corrected chi connectivity index (χ2v) is 5.71. The van der Waals surface area contributed by atoms with E-state index in [1.54, 1.807) is 30.0 Å². The van der Waals surface area contributed by atoms with Gasteiger partial charge in [-0.15, -0.1) is 11.8 Å². The van der Waals surface area contributed by atoms with Gasteiger partial charge in [0.25, 0.3) is 0 Å². The molecule has 3 nitrogen and oxygen atoms in total. The molecule has 0 saturated heterocycles. The van der Waals surface area contributed by atoms with Crippen LogP contribution in [0.25, 0.3) is 0 Å². The van der Waals surface area contributed by atoms with E-state index in [-0.39, 0.29) is 5.56 Å². The van der Waals surface area contributed by atoms with Gasteiger partial charge in [0.05, 0.1) is 12.2 Å². The fraction of sp³-hybridized carbons (Fsp3) is 0.235. The lowest BCUT2D eigenvalue weighted by Gasteiger charge is -2.11. The molecule has 0 aromatic heterocycles. The summed E-state index contributed by atoms with van der Waals surface area (Å²) in [6, 6.07) is 13.3. The van der Waals surface area contributed by atoms with Crippen LogP contribution in [0.1, 0.15) is 28.4 Å². The molecule has 0 aliphatic carbocycles. The maximum atomic E-state index is 11.1. The molecule has 2 aromatic rings. The molecule has 2 aromatic carbocycles. The molecule has 0 bridgehead atoms. The third-order valence-corrected chi connectivity index (χ3v) is 4.08. The van der Waals surface area contributed by atoms with Crippen LogP contribution in [-0.4, -0.2) is 17.7 Å². The minimum absolute atomic E-state index is 0.290. The second kappa shape index (κ2) is 7.18. The van der Waals surface area contributed by atoms with Crippen molar-refractivity contribution in [2.45, 2.75) is 24.5 Å². The zero-order chi connectivity index (χ0) is 15.2. The average molecular weight is 302 g/mol. The lowest BCUT2D eigenvalue weighted by molar-refractivity contribution is 0.0696. The van der Waals surface area contributed by atoms with Crippen molar-refractivity contribution in [2.75, 3.05) is 6.61 Å². The topological polar surface area (TPSA) is 46.5 Å². The molecule has 0 aliphatic rings. The van der Waals surface area contributed by atoms with Gasteiger partial charge < -0.3 is 9.84 Å². The number of carbonyl (C=O) groups is 1. The van der Waals surface area contributed by atoms with Crippen LogP contribution < -0.4 is 4.74 Å². The summed E-state index contributed by atoms with van der Waals surface area (Å²) in [6.45, 7) is 4.54. The van der Waals surface area contributed by atoms with Crippen LogP contribution in [0.2, 0.25) is 0 Å². The largest absolute Gasteiger partial charge is 0.494 e. The van der Waals surface area contributed by atoms with Crippen molar-refractivity contribution < 1.29 is 14.6 Å². The Kier molecular flexibility index (Phi) is 5.28. The van der Waals surface area contributed by atoms with Crippen molar-refractivity contribution in [1.29, 1.82) is 0 Å². The number of hydrogen-bond acceptors (Lipinski definition) is 3. The van der Waals surface area contributed by atoms with Crippen LogP contribution >= 0.6 is 11.8 Å². The Morgan fingerprint density at radius 3 is 2.52 bits per heavy atom. The molecule has 0 spiro atoms. The summed E-state index contributed by atoms with van der Waals surface area (Å²) in [5.41, 5.74) is 2.42. The molecule has 110 valence electrons. The normalized spacial score (nSPS) is 10.4. The molecule has 0 radical (unpaired) electrons. The van der Waals surface area contributed by atoms with E-state index in [2.05, 4.69) is 31.2 Å². The van der Waals surface area contributed by atoms with Crippen molar-refractivity contribution in [3.8, 4) is 5.75 Å². The molecule has 0 unspecified atom stereocenters. The van der Waals surface area contributed by atoms with Gasteiger partial charge in [0, 0.05) is 16.2 Å². The number of aryl methyl sites for hydroxylation is 1. The number of carboxylic acids is 1. The molecule has 21 heavy (non-hydrogen) atoms. The van der Waals surface area contributed by atoms with Gasteiger partial charge in [0.15, 0.2) is 0 Å². The van der Waals surface area contributed by atoms with Crippen molar-refractivity contribution in [3.05, 3.63) is 59.2 Å². The minimum Gasteiger partial charge on any atom is -0.494 e. The van der Waals surface area contributed by atoms with Gasteiger partial charge in [0.1, 0.15) is 5.75 Å². The van der Waals surface area contributed by atoms with E-state index >= 15 is 0 Å². The highest BCUT2D eigenvalue weighted by Gasteiger charge is 2.10. The van der Waals surface area contributed by atoms with E-state index < -0.39 is 5.97 Å². The zero-order valence-corrected chi connectivity index (χ0v) is 12.9. The molecular weight excluding hydrogens is 284 g/mol. The minimum atomic E-state index is -0.917. The first-order valence-corrected chi connectivity index (χ1v) is 7.77. The van der Waals surface area contributed by atoms with E-state index in [1.807, 2.05) is 6.92 Å².